The highest BCUT2D eigenvalue weighted by atomic mass is 16.1. The Bertz CT molecular complexity index is 644. The number of hydrogen-bond acceptors (Lipinski definition) is 5. The van der Waals surface area contributed by atoms with Crippen LogP contribution in [0.15, 0.2) is 36.9 Å². The molecule has 3 heterocycles. The lowest BCUT2D eigenvalue weighted by Gasteiger charge is -2.16. The number of aryl methyl sites for hydroxylation is 1. The van der Waals surface area contributed by atoms with Gasteiger partial charge in [0, 0.05) is 55.5 Å². The van der Waals surface area contributed by atoms with Gasteiger partial charge in [-0.1, -0.05) is 0 Å². The summed E-state index contributed by atoms with van der Waals surface area (Å²) in [4.78, 5) is 26.8. The molecule has 0 spiro atoms. The quantitative estimate of drug-likeness (QED) is 0.904. The van der Waals surface area contributed by atoms with Crippen molar-refractivity contribution in [3.8, 4) is 0 Å². The van der Waals surface area contributed by atoms with Crippen LogP contribution in [0.4, 0.5) is 0 Å². The molecule has 1 aliphatic heterocycles. The largest absolute Gasteiger partial charge is 0.352 e. The van der Waals surface area contributed by atoms with E-state index in [-0.39, 0.29) is 5.91 Å². The minimum Gasteiger partial charge on any atom is -0.352 e. The third-order valence-electron chi connectivity index (χ3n) is 4.10. The molecule has 1 aliphatic rings. The van der Waals surface area contributed by atoms with E-state index in [4.69, 9.17) is 0 Å². The van der Waals surface area contributed by atoms with Gasteiger partial charge in [-0.3, -0.25) is 14.7 Å². The number of aromatic nitrogens is 3. The highest BCUT2D eigenvalue weighted by molar-refractivity contribution is 5.93. The first-order valence-electron chi connectivity index (χ1n) is 7.89. The molecule has 2 aromatic heterocycles. The minimum atomic E-state index is -0.0298. The van der Waals surface area contributed by atoms with E-state index in [2.05, 4.69) is 25.2 Å². The van der Waals surface area contributed by atoms with Crippen molar-refractivity contribution in [2.45, 2.75) is 19.9 Å². The lowest BCUT2D eigenvalue weighted by molar-refractivity contribution is 0.0947. The molecule has 0 aliphatic carbocycles. The Labute approximate surface area is 136 Å². The second-order valence-corrected chi connectivity index (χ2v) is 5.97. The number of carbonyl (C=O) groups is 1. The van der Waals surface area contributed by atoms with Crippen LogP contribution in [-0.4, -0.2) is 45.4 Å². The van der Waals surface area contributed by atoms with E-state index in [1.54, 1.807) is 24.5 Å². The third kappa shape index (κ3) is 4.32. The van der Waals surface area contributed by atoms with Gasteiger partial charge in [-0.25, -0.2) is 9.97 Å². The van der Waals surface area contributed by atoms with E-state index in [9.17, 15) is 4.79 Å². The molecule has 1 unspecified atom stereocenters. The molecule has 0 radical (unpaired) electrons. The number of likely N-dealkylation sites (tertiary alicyclic amines) is 1. The maximum Gasteiger partial charge on any atom is 0.251 e. The summed E-state index contributed by atoms with van der Waals surface area (Å²) in [7, 11) is 0. The first-order valence-corrected chi connectivity index (χ1v) is 7.89. The monoisotopic (exact) mass is 311 g/mol. The molecular formula is C17H21N5O. The average Bonchev–Trinajstić information content (AvgIpc) is 3.03. The van der Waals surface area contributed by atoms with Gasteiger partial charge >= 0.3 is 0 Å². The molecule has 1 N–H and O–H groups in total. The Balaban J connectivity index is 1.45. The zero-order valence-electron chi connectivity index (χ0n) is 13.3. The van der Waals surface area contributed by atoms with Crippen LogP contribution in [0.1, 0.15) is 28.2 Å². The number of nitrogens with one attached hydrogen (secondary N) is 1. The van der Waals surface area contributed by atoms with Gasteiger partial charge in [0.15, 0.2) is 0 Å². The zero-order valence-corrected chi connectivity index (χ0v) is 13.3. The summed E-state index contributed by atoms with van der Waals surface area (Å²) in [6, 6.07) is 3.46. The molecule has 0 aromatic carbocycles. The van der Waals surface area contributed by atoms with Crippen LogP contribution in [0.2, 0.25) is 0 Å². The van der Waals surface area contributed by atoms with Gasteiger partial charge in [-0.05, 0) is 37.9 Å². The van der Waals surface area contributed by atoms with Crippen molar-refractivity contribution in [3.63, 3.8) is 0 Å². The van der Waals surface area contributed by atoms with Crippen LogP contribution in [0.25, 0.3) is 0 Å². The van der Waals surface area contributed by atoms with E-state index < -0.39 is 0 Å². The van der Waals surface area contributed by atoms with Gasteiger partial charge in [0.2, 0.25) is 0 Å². The van der Waals surface area contributed by atoms with Crippen molar-refractivity contribution in [2.24, 2.45) is 5.92 Å². The Morgan fingerprint density at radius 3 is 2.78 bits per heavy atom. The van der Waals surface area contributed by atoms with Crippen molar-refractivity contribution >= 4 is 5.91 Å². The van der Waals surface area contributed by atoms with Crippen LogP contribution < -0.4 is 5.32 Å². The van der Waals surface area contributed by atoms with Crippen LogP contribution in [0.5, 0.6) is 0 Å². The zero-order chi connectivity index (χ0) is 16.1. The maximum atomic E-state index is 12.0. The number of amides is 1. The molecule has 0 saturated carbocycles. The van der Waals surface area contributed by atoms with Gasteiger partial charge in [-0.15, -0.1) is 0 Å². The number of carbonyl (C=O) groups excluding carboxylic acids is 1. The van der Waals surface area contributed by atoms with E-state index in [0.717, 1.165) is 37.4 Å². The average molecular weight is 311 g/mol. The van der Waals surface area contributed by atoms with Gasteiger partial charge in [-0.2, -0.15) is 0 Å². The molecule has 1 fully saturated rings. The predicted molar refractivity (Wildman–Crippen MR) is 86.7 cm³/mol. The van der Waals surface area contributed by atoms with Crippen molar-refractivity contribution in [1.82, 2.24) is 25.2 Å². The molecule has 1 saturated heterocycles. The molecule has 6 nitrogen and oxygen atoms in total. The summed E-state index contributed by atoms with van der Waals surface area (Å²) in [6.07, 6.45) is 8.15. The van der Waals surface area contributed by atoms with Crippen LogP contribution >= 0.6 is 0 Å². The summed E-state index contributed by atoms with van der Waals surface area (Å²) in [5, 5.41) is 3.01. The number of nitrogens with zero attached hydrogens (tertiary/aromatic N) is 4. The van der Waals surface area contributed by atoms with Gasteiger partial charge in [0.05, 0.1) is 0 Å². The number of rotatable bonds is 5. The fourth-order valence-electron chi connectivity index (χ4n) is 2.82. The van der Waals surface area contributed by atoms with Crippen LogP contribution in [0.3, 0.4) is 0 Å². The van der Waals surface area contributed by atoms with Crippen molar-refractivity contribution in [1.29, 1.82) is 0 Å². The summed E-state index contributed by atoms with van der Waals surface area (Å²) >= 11 is 0. The van der Waals surface area contributed by atoms with Crippen LogP contribution in [0, 0.1) is 12.8 Å². The lowest BCUT2D eigenvalue weighted by Crippen LogP contribution is -2.31. The first-order chi connectivity index (χ1) is 11.2. The summed E-state index contributed by atoms with van der Waals surface area (Å²) in [6.45, 7) is 5.51. The lowest BCUT2D eigenvalue weighted by atomic mass is 10.1. The first kappa shape index (κ1) is 15.6. The predicted octanol–water partition coefficient (Wildman–Crippen LogP) is 1.43. The third-order valence-corrected chi connectivity index (χ3v) is 4.10. The molecule has 1 atom stereocenters. The molecule has 120 valence electrons. The van der Waals surface area contributed by atoms with Crippen molar-refractivity contribution < 1.29 is 4.79 Å². The molecule has 1 amide bonds. The second-order valence-electron chi connectivity index (χ2n) is 5.97. The molecule has 6 heteroatoms. The summed E-state index contributed by atoms with van der Waals surface area (Å²) in [5.74, 6) is 1.26. The van der Waals surface area contributed by atoms with E-state index in [1.165, 1.54) is 0 Å². The highest BCUT2D eigenvalue weighted by Gasteiger charge is 2.23. The second kappa shape index (κ2) is 7.28. The molecule has 2 aromatic rings. The van der Waals surface area contributed by atoms with Gasteiger partial charge in [0.1, 0.15) is 5.82 Å². The Morgan fingerprint density at radius 1 is 1.30 bits per heavy atom. The topological polar surface area (TPSA) is 71.0 Å². The van der Waals surface area contributed by atoms with Crippen molar-refractivity contribution in [2.75, 3.05) is 19.6 Å². The van der Waals surface area contributed by atoms with E-state index in [1.807, 2.05) is 19.3 Å². The Hall–Kier alpha value is -2.34. The number of pyridine rings is 1. The Morgan fingerprint density at radius 2 is 2.04 bits per heavy atom. The van der Waals surface area contributed by atoms with Gasteiger partial charge in [0.25, 0.3) is 5.91 Å². The summed E-state index contributed by atoms with van der Waals surface area (Å²) in [5.41, 5.74) is 1.80. The standard InChI is InChI=1S/C17H21N5O/c1-13-19-9-15(10-20-13)12-22-7-4-14(11-22)8-21-17(23)16-2-5-18-6-3-16/h2-3,5-6,9-10,14H,4,7-8,11-12H2,1H3,(H,21,23). The fraction of sp³-hybridized carbons (Fsp3) is 0.412. The smallest absolute Gasteiger partial charge is 0.251 e. The normalized spacial score (nSPS) is 18.0. The van der Waals surface area contributed by atoms with E-state index >= 15 is 0 Å². The Kier molecular flexibility index (Phi) is 4.92. The highest BCUT2D eigenvalue weighted by Crippen LogP contribution is 2.17. The van der Waals surface area contributed by atoms with Gasteiger partial charge < -0.3 is 5.32 Å². The SMILES string of the molecule is Cc1ncc(CN2CCC(CNC(=O)c3ccncc3)C2)cn1. The molecule has 23 heavy (non-hydrogen) atoms. The molecular weight excluding hydrogens is 290 g/mol. The molecule has 0 bridgehead atoms. The molecule has 3 rings (SSSR count). The van der Waals surface area contributed by atoms with Crippen LogP contribution in [-0.2, 0) is 6.54 Å². The summed E-state index contributed by atoms with van der Waals surface area (Å²) < 4.78 is 0. The fourth-order valence-corrected chi connectivity index (χ4v) is 2.82. The van der Waals surface area contributed by atoms with Crippen molar-refractivity contribution in [3.05, 3.63) is 53.9 Å². The minimum absolute atomic E-state index is 0.0298. The number of hydrogen-bond donors (Lipinski definition) is 1. The maximum absolute atomic E-state index is 12.0. The van der Waals surface area contributed by atoms with E-state index in [0.29, 0.717) is 18.0 Å².